The van der Waals surface area contributed by atoms with Crippen LogP contribution in [0.25, 0.3) is 6.08 Å². The number of carbonyl (C=O) groups is 1. The van der Waals surface area contributed by atoms with Gasteiger partial charge in [-0.05, 0) is 48.0 Å². The van der Waals surface area contributed by atoms with Crippen LogP contribution in [0.15, 0.2) is 39.4 Å². The lowest BCUT2D eigenvalue weighted by Crippen LogP contribution is -2.36. The number of nitrogens with zero attached hydrogens (tertiary/aromatic N) is 1. The summed E-state index contributed by atoms with van der Waals surface area (Å²) in [7, 11) is 0. The van der Waals surface area contributed by atoms with Gasteiger partial charge in [0.05, 0.1) is 37.8 Å². The maximum absolute atomic E-state index is 12.4. The molecule has 0 unspecified atom stereocenters. The third kappa shape index (κ3) is 5.77. The smallest absolute Gasteiger partial charge is 0.248 e. The molecule has 7 nitrogen and oxygen atoms in total. The van der Waals surface area contributed by atoms with Crippen LogP contribution < -0.4 is 19.7 Å². The zero-order valence-electron chi connectivity index (χ0n) is 16.6. The van der Waals surface area contributed by atoms with E-state index in [0.717, 1.165) is 18.8 Å². The summed E-state index contributed by atoms with van der Waals surface area (Å²) in [4.78, 5) is 14.6. The minimum absolute atomic E-state index is 0.292. The molecule has 1 aliphatic rings. The van der Waals surface area contributed by atoms with Crippen molar-refractivity contribution in [1.29, 1.82) is 0 Å². The highest BCUT2D eigenvalue weighted by Crippen LogP contribution is 2.39. The van der Waals surface area contributed by atoms with E-state index in [9.17, 15) is 4.79 Å². The number of amides is 1. The molecule has 0 radical (unpaired) electrons. The third-order valence-electron chi connectivity index (χ3n) is 4.26. The maximum Gasteiger partial charge on any atom is 0.248 e. The third-order valence-corrected chi connectivity index (χ3v) is 4.69. The number of ether oxygens (including phenoxy) is 3. The number of nitrogens with one attached hydrogen (secondary N) is 1. The Balaban J connectivity index is 1.84. The Bertz CT molecular complexity index is 859. The van der Waals surface area contributed by atoms with E-state index in [4.69, 9.17) is 18.6 Å². The molecule has 2 aromatic rings. The Morgan fingerprint density at radius 2 is 1.90 bits per heavy atom. The van der Waals surface area contributed by atoms with Gasteiger partial charge in [-0.3, -0.25) is 4.79 Å². The van der Waals surface area contributed by atoms with Crippen molar-refractivity contribution in [2.75, 3.05) is 49.7 Å². The summed E-state index contributed by atoms with van der Waals surface area (Å²) in [6.45, 7) is 7.73. The van der Waals surface area contributed by atoms with E-state index in [0.29, 0.717) is 54.0 Å². The van der Waals surface area contributed by atoms with Gasteiger partial charge in [0.1, 0.15) is 17.3 Å². The fourth-order valence-electron chi connectivity index (χ4n) is 2.99. The Labute approximate surface area is 178 Å². The van der Waals surface area contributed by atoms with E-state index in [1.165, 1.54) is 6.08 Å². The SMILES string of the molecule is CCOc1cc(N2CCOCC2)c(OCC)cc1NC(=O)/C=C\c1ccc(Br)o1. The summed E-state index contributed by atoms with van der Waals surface area (Å²) in [6, 6.07) is 7.27. The number of anilines is 2. The van der Waals surface area contributed by atoms with Gasteiger partial charge in [-0.25, -0.2) is 0 Å². The lowest BCUT2D eigenvalue weighted by atomic mass is 10.2. The molecule has 1 aliphatic heterocycles. The molecule has 0 bridgehead atoms. The summed E-state index contributed by atoms with van der Waals surface area (Å²) in [6.07, 6.45) is 3.02. The van der Waals surface area contributed by atoms with Crippen LogP contribution in [0.2, 0.25) is 0 Å². The molecule has 0 spiro atoms. The molecule has 156 valence electrons. The van der Waals surface area contributed by atoms with Crippen molar-refractivity contribution in [1.82, 2.24) is 0 Å². The molecule has 0 atom stereocenters. The molecule has 0 saturated carbocycles. The monoisotopic (exact) mass is 464 g/mol. The Morgan fingerprint density at radius 3 is 2.55 bits per heavy atom. The molecular formula is C21H25BrN2O5. The molecule has 2 heterocycles. The standard InChI is InChI=1S/C21H25BrN2O5/c1-3-27-18-14-17(24-9-11-26-12-10-24)19(28-4-2)13-16(18)23-21(25)8-6-15-5-7-20(22)29-15/h5-8,13-14H,3-4,9-12H2,1-2H3,(H,23,25)/b8-6-. The summed E-state index contributed by atoms with van der Waals surface area (Å²) < 4.78 is 23.1. The number of morpholine rings is 1. The van der Waals surface area contributed by atoms with E-state index >= 15 is 0 Å². The van der Waals surface area contributed by atoms with Crippen LogP contribution >= 0.6 is 15.9 Å². The van der Waals surface area contributed by atoms with E-state index < -0.39 is 0 Å². The lowest BCUT2D eigenvalue weighted by molar-refractivity contribution is -0.111. The summed E-state index contributed by atoms with van der Waals surface area (Å²) in [5.41, 5.74) is 1.50. The van der Waals surface area contributed by atoms with Crippen molar-refractivity contribution < 1.29 is 23.4 Å². The average Bonchev–Trinajstić information content (AvgIpc) is 3.14. The number of halogens is 1. The first-order valence-electron chi connectivity index (χ1n) is 9.61. The fourth-order valence-corrected chi connectivity index (χ4v) is 3.31. The van der Waals surface area contributed by atoms with Gasteiger partial charge in [-0.15, -0.1) is 0 Å². The number of hydrogen-bond acceptors (Lipinski definition) is 6. The van der Waals surface area contributed by atoms with Gasteiger partial charge in [0, 0.05) is 31.3 Å². The van der Waals surface area contributed by atoms with Crippen molar-refractivity contribution in [3.05, 3.63) is 40.8 Å². The van der Waals surface area contributed by atoms with E-state index in [-0.39, 0.29) is 5.91 Å². The highest BCUT2D eigenvalue weighted by atomic mass is 79.9. The lowest BCUT2D eigenvalue weighted by Gasteiger charge is -2.31. The first kappa shape index (κ1) is 21.3. The minimum atomic E-state index is -0.292. The average molecular weight is 465 g/mol. The molecule has 1 aromatic carbocycles. The normalized spacial score (nSPS) is 14.2. The highest BCUT2D eigenvalue weighted by Gasteiger charge is 2.20. The second-order valence-corrected chi connectivity index (χ2v) is 7.03. The van der Waals surface area contributed by atoms with Crippen molar-refractivity contribution in [3.63, 3.8) is 0 Å². The molecule has 1 N–H and O–H groups in total. The first-order chi connectivity index (χ1) is 14.1. The van der Waals surface area contributed by atoms with Crippen LogP contribution in [0.4, 0.5) is 11.4 Å². The van der Waals surface area contributed by atoms with Crippen LogP contribution in [0.3, 0.4) is 0 Å². The molecule has 1 saturated heterocycles. The molecule has 1 fully saturated rings. The van der Waals surface area contributed by atoms with Crippen LogP contribution in [0, 0.1) is 0 Å². The highest BCUT2D eigenvalue weighted by molar-refractivity contribution is 9.10. The van der Waals surface area contributed by atoms with Crippen LogP contribution in [-0.2, 0) is 9.53 Å². The van der Waals surface area contributed by atoms with E-state index in [1.807, 2.05) is 26.0 Å². The molecule has 29 heavy (non-hydrogen) atoms. The predicted octanol–water partition coefficient (Wildman–Crippen LogP) is 4.33. The van der Waals surface area contributed by atoms with Crippen molar-refractivity contribution in [2.24, 2.45) is 0 Å². The second-order valence-electron chi connectivity index (χ2n) is 6.25. The fraction of sp³-hybridized carbons (Fsp3) is 0.381. The van der Waals surface area contributed by atoms with Crippen molar-refractivity contribution in [3.8, 4) is 11.5 Å². The number of carbonyl (C=O) groups excluding carboxylic acids is 1. The first-order valence-corrected chi connectivity index (χ1v) is 10.4. The van der Waals surface area contributed by atoms with Gasteiger partial charge in [0.2, 0.25) is 5.91 Å². The summed E-state index contributed by atoms with van der Waals surface area (Å²) >= 11 is 3.24. The summed E-state index contributed by atoms with van der Waals surface area (Å²) in [5, 5.41) is 2.87. The molecule has 8 heteroatoms. The number of furan rings is 1. The van der Waals surface area contributed by atoms with Crippen molar-refractivity contribution in [2.45, 2.75) is 13.8 Å². The van der Waals surface area contributed by atoms with Crippen LogP contribution in [0.5, 0.6) is 11.5 Å². The second kappa shape index (κ2) is 10.4. The Morgan fingerprint density at radius 1 is 1.17 bits per heavy atom. The summed E-state index contributed by atoms with van der Waals surface area (Å²) in [5.74, 6) is 1.59. The molecule has 0 aliphatic carbocycles. The van der Waals surface area contributed by atoms with Crippen LogP contribution in [0.1, 0.15) is 19.6 Å². The van der Waals surface area contributed by atoms with Gasteiger partial charge in [0.15, 0.2) is 4.67 Å². The number of hydrogen-bond donors (Lipinski definition) is 1. The number of rotatable bonds is 8. The molecular weight excluding hydrogens is 440 g/mol. The Kier molecular flexibility index (Phi) is 7.60. The van der Waals surface area contributed by atoms with Gasteiger partial charge in [-0.2, -0.15) is 0 Å². The van der Waals surface area contributed by atoms with Gasteiger partial charge in [0.25, 0.3) is 0 Å². The maximum atomic E-state index is 12.4. The quantitative estimate of drug-likeness (QED) is 0.586. The molecule has 1 amide bonds. The zero-order chi connectivity index (χ0) is 20.6. The van der Waals surface area contributed by atoms with Crippen molar-refractivity contribution >= 4 is 39.3 Å². The van der Waals surface area contributed by atoms with Gasteiger partial charge >= 0.3 is 0 Å². The molecule has 3 rings (SSSR count). The van der Waals surface area contributed by atoms with Gasteiger partial charge in [-0.1, -0.05) is 0 Å². The number of benzene rings is 1. The molecule has 1 aromatic heterocycles. The van der Waals surface area contributed by atoms with E-state index in [1.54, 1.807) is 18.2 Å². The van der Waals surface area contributed by atoms with Gasteiger partial charge < -0.3 is 28.8 Å². The largest absolute Gasteiger partial charge is 0.492 e. The van der Waals surface area contributed by atoms with E-state index in [2.05, 4.69) is 26.1 Å². The Hall–Kier alpha value is -2.45. The van der Waals surface area contributed by atoms with Crippen LogP contribution in [-0.4, -0.2) is 45.4 Å². The predicted molar refractivity (Wildman–Crippen MR) is 116 cm³/mol. The zero-order valence-corrected chi connectivity index (χ0v) is 18.2. The minimum Gasteiger partial charge on any atom is -0.492 e. The topological polar surface area (TPSA) is 73.2 Å².